The maximum absolute atomic E-state index is 9.23. The average molecular weight is 139 g/mol. The molecule has 4 nitrogen and oxygen atoms in total. The van der Waals surface area contributed by atoms with E-state index < -0.39 is 0 Å². The standard InChI is InChI=1S/C6H9N3O/c10-5-2-1-3-9-6(5)7-4-8-9/h1-2,7-8,10H,3-4H2. The van der Waals surface area contributed by atoms with Gasteiger partial charge in [0.25, 0.3) is 0 Å². The lowest BCUT2D eigenvalue weighted by Gasteiger charge is -2.19. The summed E-state index contributed by atoms with van der Waals surface area (Å²) in [5.74, 6) is 1.08. The fourth-order valence-electron chi connectivity index (χ4n) is 1.13. The lowest BCUT2D eigenvalue weighted by atomic mass is 10.3. The van der Waals surface area contributed by atoms with E-state index in [9.17, 15) is 5.11 Å². The Morgan fingerprint density at radius 2 is 2.50 bits per heavy atom. The molecule has 2 aliphatic rings. The van der Waals surface area contributed by atoms with Gasteiger partial charge in [0.2, 0.25) is 0 Å². The van der Waals surface area contributed by atoms with E-state index in [1.165, 1.54) is 0 Å². The normalized spacial score (nSPS) is 23.0. The maximum Gasteiger partial charge on any atom is 0.160 e. The molecule has 2 heterocycles. The second-order valence-electron chi connectivity index (χ2n) is 2.26. The van der Waals surface area contributed by atoms with Crippen LogP contribution >= 0.6 is 0 Å². The van der Waals surface area contributed by atoms with Crippen LogP contribution in [0.5, 0.6) is 0 Å². The molecular formula is C6H9N3O. The van der Waals surface area contributed by atoms with Crippen LogP contribution in [-0.4, -0.2) is 23.3 Å². The van der Waals surface area contributed by atoms with Crippen molar-refractivity contribution in [2.24, 2.45) is 0 Å². The Labute approximate surface area is 58.8 Å². The van der Waals surface area contributed by atoms with Crippen molar-refractivity contribution in [2.75, 3.05) is 13.2 Å². The summed E-state index contributed by atoms with van der Waals surface area (Å²) >= 11 is 0. The first-order chi connectivity index (χ1) is 4.88. The molecule has 2 rings (SSSR count). The number of fused-ring (bicyclic) bond motifs is 1. The fourth-order valence-corrected chi connectivity index (χ4v) is 1.13. The Hall–Kier alpha value is -1.16. The van der Waals surface area contributed by atoms with Crippen LogP contribution in [0.2, 0.25) is 0 Å². The Balaban J connectivity index is 2.32. The predicted molar refractivity (Wildman–Crippen MR) is 36.6 cm³/mol. The van der Waals surface area contributed by atoms with Gasteiger partial charge in [0.05, 0.1) is 13.2 Å². The third kappa shape index (κ3) is 0.657. The van der Waals surface area contributed by atoms with E-state index in [4.69, 9.17) is 0 Å². The topological polar surface area (TPSA) is 47.5 Å². The summed E-state index contributed by atoms with van der Waals surface area (Å²) in [5.41, 5.74) is 3.04. The second kappa shape index (κ2) is 1.91. The first-order valence-corrected chi connectivity index (χ1v) is 3.22. The number of nitrogens with zero attached hydrogens (tertiary/aromatic N) is 1. The van der Waals surface area contributed by atoms with E-state index in [-0.39, 0.29) is 0 Å². The fraction of sp³-hybridized carbons (Fsp3) is 0.333. The number of allylic oxidation sites excluding steroid dienone is 1. The molecule has 0 aromatic rings. The van der Waals surface area contributed by atoms with Crippen LogP contribution in [0.4, 0.5) is 0 Å². The molecule has 4 heteroatoms. The highest BCUT2D eigenvalue weighted by atomic mass is 16.3. The van der Waals surface area contributed by atoms with E-state index in [0.717, 1.165) is 12.4 Å². The molecule has 0 atom stereocenters. The van der Waals surface area contributed by atoms with Crippen molar-refractivity contribution < 1.29 is 5.11 Å². The van der Waals surface area contributed by atoms with Gasteiger partial charge in [0.15, 0.2) is 11.6 Å². The Morgan fingerprint density at radius 3 is 3.30 bits per heavy atom. The number of nitrogens with one attached hydrogen (secondary N) is 2. The monoisotopic (exact) mass is 139 g/mol. The number of hydrazine groups is 1. The van der Waals surface area contributed by atoms with Crippen molar-refractivity contribution in [2.45, 2.75) is 0 Å². The number of aliphatic hydroxyl groups excluding tert-OH is 1. The van der Waals surface area contributed by atoms with E-state index in [0.29, 0.717) is 12.4 Å². The van der Waals surface area contributed by atoms with Crippen molar-refractivity contribution in [1.29, 1.82) is 0 Å². The number of hydrogen-bond donors (Lipinski definition) is 3. The number of hydrogen-bond acceptors (Lipinski definition) is 4. The van der Waals surface area contributed by atoms with Crippen molar-refractivity contribution >= 4 is 0 Å². The van der Waals surface area contributed by atoms with Crippen molar-refractivity contribution in [1.82, 2.24) is 15.8 Å². The largest absolute Gasteiger partial charge is 0.504 e. The molecule has 10 heavy (non-hydrogen) atoms. The molecule has 0 aliphatic carbocycles. The third-order valence-electron chi connectivity index (χ3n) is 1.60. The molecule has 2 aliphatic heterocycles. The molecule has 0 radical (unpaired) electrons. The van der Waals surface area contributed by atoms with E-state index in [1.807, 2.05) is 11.1 Å². The second-order valence-corrected chi connectivity index (χ2v) is 2.26. The van der Waals surface area contributed by atoms with Gasteiger partial charge >= 0.3 is 0 Å². The molecular weight excluding hydrogens is 130 g/mol. The van der Waals surface area contributed by atoms with Gasteiger partial charge in [-0.3, -0.25) is 5.01 Å². The minimum absolute atomic E-state index is 0.302. The van der Waals surface area contributed by atoms with Crippen LogP contribution < -0.4 is 10.7 Å². The summed E-state index contributed by atoms with van der Waals surface area (Å²) < 4.78 is 0. The van der Waals surface area contributed by atoms with Crippen molar-refractivity contribution in [3.63, 3.8) is 0 Å². The zero-order chi connectivity index (χ0) is 6.97. The Bertz CT molecular complexity index is 209. The van der Waals surface area contributed by atoms with Gasteiger partial charge in [-0.1, -0.05) is 6.08 Å². The van der Waals surface area contributed by atoms with Gasteiger partial charge in [-0.15, -0.1) is 0 Å². The van der Waals surface area contributed by atoms with Gasteiger partial charge in [-0.05, 0) is 6.08 Å². The SMILES string of the molecule is OC1=C2NCNN2CC=C1. The molecule has 54 valence electrons. The summed E-state index contributed by atoms with van der Waals surface area (Å²) in [5, 5.41) is 14.1. The van der Waals surface area contributed by atoms with Crippen LogP contribution in [0.25, 0.3) is 0 Å². The first kappa shape index (κ1) is 5.61. The van der Waals surface area contributed by atoms with E-state index in [1.54, 1.807) is 6.08 Å². The summed E-state index contributed by atoms with van der Waals surface area (Å²) in [7, 11) is 0. The van der Waals surface area contributed by atoms with Gasteiger partial charge in [-0.2, -0.15) is 0 Å². The molecule has 1 saturated heterocycles. The molecule has 0 amide bonds. The average Bonchev–Trinajstić information content (AvgIpc) is 2.36. The van der Waals surface area contributed by atoms with Crippen LogP contribution in [0.3, 0.4) is 0 Å². The maximum atomic E-state index is 9.23. The van der Waals surface area contributed by atoms with Crippen molar-refractivity contribution in [3.8, 4) is 0 Å². The molecule has 0 aromatic heterocycles. The Morgan fingerprint density at radius 1 is 1.60 bits per heavy atom. The van der Waals surface area contributed by atoms with E-state index in [2.05, 4.69) is 10.7 Å². The van der Waals surface area contributed by atoms with Crippen LogP contribution in [-0.2, 0) is 0 Å². The molecule has 0 spiro atoms. The lowest BCUT2D eigenvalue weighted by molar-refractivity contribution is 0.295. The van der Waals surface area contributed by atoms with Gasteiger partial charge < -0.3 is 10.4 Å². The number of rotatable bonds is 0. The van der Waals surface area contributed by atoms with Gasteiger partial charge in [0.1, 0.15) is 0 Å². The van der Waals surface area contributed by atoms with Crippen LogP contribution in [0.1, 0.15) is 0 Å². The molecule has 1 fully saturated rings. The van der Waals surface area contributed by atoms with Crippen molar-refractivity contribution in [3.05, 3.63) is 23.7 Å². The smallest absolute Gasteiger partial charge is 0.160 e. The van der Waals surface area contributed by atoms with E-state index >= 15 is 0 Å². The first-order valence-electron chi connectivity index (χ1n) is 3.22. The molecule has 0 saturated carbocycles. The zero-order valence-corrected chi connectivity index (χ0v) is 5.46. The summed E-state index contributed by atoms with van der Waals surface area (Å²) in [6, 6.07) is 0. The summed E-state index contributed by atoms with van der Waals surface area (Å²) in [6.45, 7) is 1.51. The highest BCUT2D eigenvalue weighted by Crippen LogP contribution is 2.12. The quantitative estimate of drug-likeness (QED) is 0.429. The Kier molecular flexibility index (Phi) is 1.07. The van der Waals surface area contributed by atoms with Crippen LogP contribution in [0.15, 0.2) is 23.7 Å². The molecule has 0 aromatic carbocycles. The highest BCUT2D eigenvalue weighted by molar-refractivity contribution is 5.22. The minimum atomic E-state index is 0.302. The highest BCUT2D eigenvalue weighted by Gasteiger charge is 2.19. The van der Waals surface area contributed by atoms with Gasteiger partial charge in [-0.25, -0.2) is 5.43 Å². The van der Waals surface area contributed by atoms with Crippen LogP contribution in [0, 0.1) is 0 Å². The summed E-state index contributed by atoms with van der Waals surface area (Å²) in [4.78, 5) is 0. The molecule has 0 bridgehead atoms. The number of aliphatic hydroxyl groups is 1. The molecule has 0 unspecified atom stereocenters. The lowest BCUT2D eigenvalue weighted by Crippen LogP contribution is -2.31. The zero-order valence-electron chi connectivity index (χ0n) is 5.46. The minimum Gasteiger partial charge on any atom is -0.504 e. The third-order valence-corrected chi connectivity index (χ3v) is 1.60. The predicted octanol–water partition coefficient (Wildman–Crippen LogP) is -0.349. The van der Waals surface area contributed by atoms with Gasteiger partial charge in [0, 0.05) is 0 Å². The summed E-state index contributed by atoms with van der Waals surface area (Å²) in [6.07, 6.45) is 3.60. The molecule has 3 N–H and O–H groups in total.